The number of halogens is 2. The second kappa shape index (κ2) is 9.87. The molecule has 2 spiro atoms. The predicted octanol–water partition coefficient (Wildman–Crippen LogP) is 5.70. The third kappa shape index (κ3) is 4.42. The number of nitrogens with one attached hydrogen (secondary N) is 1. The number of nitrogens with zero attached hydrogens (tertiary/aromatic N) is 6. The van der Waals surface area contributed by atoms with Crippen LogP contribution < -0.4 is 10.2 Å². The minimum atomic E-state index is -2.61. The number of benzene rings is 1. The van der Waals surface area contributed by atoms with Crippen LogP contribution in [0.25, 0.3) is 11.1 Å². The Balaban J connectivity index is 1.15. The van der Waals surface area contributed by atoms with Crippen molar-refractivity contribution < 1.29 is 13.6 Å². The maximum absolute atomic E-state index is 14.5. The highest BCUT2D eigenvalue weighted by Gasteiger charge is 2.60. The van der Waals surface area contributed by atoms with Gasteiger partial charge in [-0.1, -0.05) is 0 Å². The first-order valence-corrected chi connectivity index (χ1v) is 16.0. The number of carbonyl (C=O) groups is 1. The van der Waals surface area contributed by atoms with Gasteiger partial charge in [0, 0.05) is 67.8 Å². The van der Waals surface area contributed by atoms with Crippen LogP contribution in [0.3, 0.4) is 0 Å². The Morgan fingerprint density at radius 2 is 1.88 bits per heavy atom. The molecule has 8 nitrogen and oxygen atoms in total. The van der Waals surface area contributed by atoms with Gasteiger partial charge in [0.25, 0.3) is 6.43 Å². The molecule has 228 valence electrons. The van der Waals surface area contributed by atoms with E-state index in [1.807, 2.05) is 11.0 Å². The van der Waals surface area contributed by atoms with Gasteiger partial charge in [0.2, 0.25) is 5.91 Å². The molecule has 1 amide bonds. The fourth-order valence-electron chi connectivity index (χ4n) is 9.33. The smallest absolute Gasteiger partial charge is 0.264 e. The summed E-state index contributed by atoms with van der Waals surface area (Å²) in [5.41, 5.74) is 6.50. The van der Waals surface area contributed by atoms with Crippen LogP contribution in [0.2, 0.25) is 0 Å². The fraction of sp³-hybridized carbons (Fsp3) is 0.606. The summed E-state index contributed by atoms with van der Waals surface area (Å²) in [4.78, 5) is 16.5. The lowest BCUT2D eigenvalue weighted by atomic mass is 9.42. The van der Waals surface area contributed by atoms with E-state index >= 15 is 0 Å². The van der Waals surface area contributed by atoms with Crippen LogP contribution in [0.5, 0.6) is 0 Å². The first-order valence-electron chi connectivity index (χ1n) is 16.0. The molecule has 1 aromatic carbocycles. The minimum Gasteiger partial charge on any atom is -0.338 e. The van der Waals surface area contributed by atoms with E-state index in [2.05, 4.69) is 20.0 Å². The van der Waals surface area contributed by atoms with Crippen molar-refractivity contribution in [3.05, 3.63) is 46.9 Å². The maximum Gasteiger partial charge on any atom is 0.264 e. The monoisotopic (exact) mass is 589 g/mol. The lowest BCUT2D eigenvalue weighted by Gasteiger charge is -2.65. The van der Waals surface area contributed by atoms with E-state index in [1.165, 1.54) is 44.2 Å². The molecule has 0 radical (unpaired) electrons. The van der Waals surface area contributed by atoms with E-state index in [4.69, 9.17) is 5.10 Å². The molecule has 0 bridgehead atoms. The van der Waals surface area contributed by atoms with Crippen LogP contribution in [0.15, 0.2) is 24.5 Å². The topological polar surface area (TPSA) is 71.2 Å². The number of hydrogen-bond acceptors (Lipinski definition) is 5. The van der Waals surface area contributed by atoms with Gasteiger partial charge < -0.3 is 15.1 Å². The zero-order chi connectivity index (χ0) is 29.5. The van der Waals surface area contributed by atoms with E-state index in [-0.39, 0.29) is 11.5 Å². The molecule has 5 aliphatic rings. The molecule has 2 aliphatic carbocycles. The van der Waals surface area contributed by atoms with Crippen LogP contribution in [0, 0.1) is 10.8 Å². The first-order chi connectivity index (χ1) is 20.7. The Bertz CT molecular complexity index is 1570. The summed E-state index contributed by atoms with van der Waals surface area (Å²) in [5, 5.41) is 13.1. The molecule has 10 heteroatoms. The van der Waals surface area contributed by atoms with E-state index in [1.54, 1.807) is 37.1 Å². The van der Waals surface area contributed by atoms with Crippen LogP contribution >= 0.6 is 0 Å². The van der Waals surface area contributed by atoms with Crippen molar-refractivity contribution in [2.45, 2.75) is 83.7 Å². The Morgan fingerprint density at radius 3 is 2.58 bits per heavy atom. The molecule has 2 aromatic heterocycles. The first kappa shape index (κ1) is 27.3. The number of fused-ring (bicyclic) bond motifs is 2. The second-order valence-corrected chi connectivity index (χ2v) is 14.1. The van der Waals surface area contributed by atoms with Crippen LogP contribution in [-0.4, -0.2) is 56.5 Å². The molecule has 1 N–H and O–H groups in total. The number of alkyl halides is 2. The summed E-state index contributed by atoms with van der Waals surface area (Å²) in [5.74, 6) is 0.912. The summed E-state index contributed by atoms with van der Waals surface area (Å²) < 4.78 is 33.0. The number of carbonyl (C=O) groups excluding carboxylic acids is 1. The van der Waals surface area contributed by atoms with Crippen molar-refractivity contribution in [3.8, 4) is 11.1 Å². The lowest BCUT2D eigenvalue weighted by molar-refractivity contribution is -0.136. The standard InChI is InChI=1S/C33H41F2N7O/c1-21(43)40-11-5-28-27(18-40)31(38-42(28)24-14-33(15-24)19-32(20-33)6-8-36-9-7-32)41-10-3-4-22-12-25(23-16-37-39(2)17-23)26(30(34)35)13-29(22)41/h12-13,16-17,24,30,36H,3-11,14-15,18-20H2,1-2H3. The molecule has 0 atom stereocenters. The highest BCUT2D eigenvalue weighted by atomic mass is 19.3. The number of aromatic nitrogens is 4. The molecule has 3 aliphatic heterocycles. The van der Waals surface area contributed by atoms with Crippen LogP contribution in [0.1, 0.15) is 86.7 Å². The summed E-state index contributed by atoms with van der Waals surface area (Å²) in [6.07, 6.45) is 11.0. The van der Waals surface area contributed by atoms with Crippen molar-refractivity contribution >= 4 is 17.4 Å². The molecule has 0 unspecified atom stereocenters. The number of rotatable bonds is 4. The van der Waals surface area contributed by atoms with E-state index in [0.29, 0.717) is 41.1 Å². The third-order valence-electron chi connectivity index (χ3n) is 11.2. The number of anilines is 2. The van der Waals surface area contributed by atoms with E-state index in [0.717, 1.165) is 61.5 Å². The van der Waals surface area contributed by atoms with Gasteiger partial charge in [-0.2, -0.15) is 10.2 Å². The van der Waals surface area contributed by atoms with Crippen molar-refractivity contribution in [1.82, 2.24) is 29.8 Å². The quantitative estimate of drug-likeness (QED) is 0.423. The Hall–Kier alpha value is -3.27. The zero-order valence-corrected chi connectivity index (χ0v) is 25.2. The number of piperidine rings is 1. The summed E-state index contributed by atoms with van der Waals surface area (Å²) in [6, 6.07) is 4.00. The molecule has 5 heterocycles. The summed E-state index contributed by atoms with van der Waals surface area (Å²) in [6.45, 7) is 5.87. The lowest BCUT2D eigenvalue weighted by Crippen LogP contribution is -2.57. The molecule has 2 saturated carbocycles. The number of hydrogen-bond donors (Lipinski definition) is 1. The Labute approximate surface area is 251 Å². The second-order valence-electron chi connectivity index (χ2n) is 14.1. The van der Waals surface area contributed by atoms with Gasteiger partial charge in [-0.15, -0.1) is 0 Å². The maximum atomic E-state index is 14.5. The minimum absolute atomic E-state index is 0.0232. The van der Waals surface area contributed by atoms with Crippen LogP contribution in [0.4, 0.5) is 20.3 Å². The zero-order valence-electron chi connectivity index (χ0n) is 25.2. The molecule has 3 fully saturated rings. The highest BCUT2D eigenvalue weighted by Crippen LogP contribution is 2.70. The fourth-order valence-corrected chi connectivity index (χ4v) is 9.33. The number of aryl methyl sites for hydroxylation is 2. The molecule has 3 aromatic rings. The van der Waals surface area contributed by atoms with Gasteiger partial charge >= 0.3 is 0 Å². The van der Waals surface area contributed by atoms with Gasteiger partial charge in [-0.3, -0.25) is 14.2 Å². The average molecular weight is 590 g/mol. The Morgan fingerprint density at radius 1 is 1.09 bits per heavy atom. The van der Waals surface area contributed by atoms with Crippen molar-refractivity contribution in [2.75, 3.05) is 31.1 Å². The van der Waals surface area contributed by atoms with Gasteiger partial charge in [-0.05, 0) is 98.5 Å². The molecular formula is C33H41F2N7O. The van der Waals surface area contributed by atoms with Gasteiger partial charge in [0.15, 0.2) is 5.82 Å². The third-order valence-corrected chi connectivity index (χ3v) is 11.2. The van der Waals surface area contributed by atoms with Crippen LogP contribution in [-0.2, 0) is 31.2 Å². The number of amides is 1. The van der Waals surface area contributed by atoms with Crippen molar-refractivity contribution in [1.29, 1.82) is 0 Å². The average Bonchev–Trinajstić information content (AvgIpc) is 3.57. The van der Waals surface area contributed by atoms with Gasteiger partial charge in [0.05, 0.1) is 18.8 Å². The highest BCUT2D eigenvalue weighted by molar-refractivity contribution is 5.78. The van der Waals surface area contributed by atoms with Gasteiger partial charge in [0.1, 0.15) is 0 Å². The Kier molecular flexibility index (Phi) is 6.27. The molecule has 1 saturated heterocycles. The molecular weight excluding hydrogens is 548 g/mol. The summed E-state index contributed by atoms with van der Waals surface area (Å²) in [7, 11) is 1.80. The summed E-state index contributed by atoms with van der Waals surface area (Å²) >= 11 is 0. The normalized spacial score (nSPS) is 22.4. The van der Waals surface area contributed by atoms with E-state index in [9.17, 15) is 13.6 Å². The predicted molar refractivity (Wildman–Crippen MR) is 160 cm³/mol. The largest absolute Gasteiger partial charge is 0.338 e. The van der Waals surface area contributed by atoms with Crippen molar-refractivity contribution in [3.63, 3.8) is 0 Å². The molecule has 43 heavy (non-hydrogen) atoms. The van der Waals surface area contributed by atoms with Gasteiger partial charge in [-0.25, -0.2) is 8.78 Å². The van der Waals surface area contributed by atoms with Crippen molar-refractivity contribution in [2.24, 2.45) is 17.9 Å². The SMILES string of the molecule is CC(=O)N1CCc2c(c(N3CCCc4cc(-c5cnn(C)c5)c(C(F)F)cc43)nn2C2CC3(C2)CC2(CCNCC2)C3)C1. The molecule has 8 rings (SSSR count). The van der Waals surface area contributed by atoms with E-state index < -0.39 is 6.43 Å².